The second-order valence-electron chi connectivity index (χ2n) is 4.54. The molecule has 0 radical (unpaired) electrons. The predicted octanol–water partition coefficient (Wildman–Crippen LogP) is 2.07. The lowest BCUT2D eigenvalue weighted by Gasteiger charge is -2.12. The largest absolute Gasteiger partial charge is 0.491 e. The molecule has 0 aromatic heterocycles. The van der Waals surface area contributed by atoms with Crippen molar-refractivity contribution < 1.29 is 24.2 Å². The molecule has 0 aliphatic rings. The summed E-state index contributed by atoms with van der Waals surface area (Å²) < 4.78 is 11.1. The standard InChI is InChI=1S/C14H18BrNO5/c1-9(2)21-12-6-10(5-11(15)7-12)14(19)16-3-4-20-8-13(17)18/h5-7,9H,3-4,8H2,1-2H3,(H,16,19)(H,17,18). The lowest BCUT2D eigenvalue weighted by molar-refractivity contribution is -0.142. The van der Waals surface area contributed by atoms with E-state index in [1.54, 1.807) is 18.2 Å². The van der Waals surface area contributed by atoms with Crippen LogP contribution in [-0.4, -0.2) is 42.8 Å². The Morgan fingerprint density at radius 3 is 2.67 bits per heavy atom. The van der Waals surface area contributed by atoms with Gasteiger partial charge in [0.25, 0.3) is 5.91 Å². The summed E-state index contributed by atoms with van der Waals surface area (Å²) in [5.74, 6) is -0.709. The number of amides is 1. The number of hydrogen-bond acceptors (Lipinski definition) is 4. The summed E-state index contributed by atoms with van der Waals surface area (Å²) in [6, 6.07) is 5.12. The van der Waals surface area contributed by atoms with Crippen molar-refractivity contribution in [3.63, 3.8) is 0 Å². The third-order valence-corrected chi connectivity index (χ3v) is 2.72. The van der Waals surface area contributed by atoms with Crippen LogP contribution in [0, 0.1) is 0 Å². The Morgan fingerprint density at radius 1 is 1.33 bits per heavy atom. The van der Waals surface area contributed by atoms with Crippen LogP contribution in [0.2, 0.25) is 0 Å². The lowest BCUT2D eigenvalue weighted by Crippen LogP contribution is -2.28. The highest BCUT2D eigenvalue weighted by Crippen LogP contribution is 2.22. The molecule has 0 fully saturated rings. The molecule has 116 valence electrons. The first kappa shape index (κ1) is 17.5. The van der Waals surface area contributed by atoms with E-state index in [2.05, 4.69) is 21.2 Å². The molecule has 0 spiro atoms. The average Bonchev–Trinajstić information content (AvgIpc) is 2.36. The van der Waals surface area contributed by atoms with Gasteiger partial charge in [-0.2, -0.15) is 0 Å². The zero-order valence-corrected chi connectivity index (χ0v) is 13.5. The Hall–Kier alpha value is -1.60. The maximum Gasteiger partial charge on any atom is 0.329 e. The third-order valence-electron chi connectivity index (χ3n) is 2.26. The van der Waals surface area contributed by atoms with E-state index in [4.69, 9.17) is 14.6 Å². The first-order valence-electron chi connectivity index (χ1n) is 6.43. The zero-order valence-electron chi connectivity index (χ0n) is 11.9. The van der Waals surface area contributed by atoms with E-state index < -0.39 is 5.97 Å². The molecule has 1 aromatic rings. The highest BCUT2D eigenvalue weighted by molar-refractivity contribution is 9.10. The van der Waals surface area contributed by atoms with Crippen LogP contribution < -0.4 is 10.1 Å². The topological polar surface area (TPSA) is 84.9 Å². The van der Waals surface area contributed by atoms with Crippen LogP contribution in [0.3, 0.4) is 0 Å². The van der Waals surface area contributed by atoms with Gasteiger partial charge in [-0.05, 0) is 32.0 Å². The first-order chi connectivity index (χ1) is 9.88. The normalized spacial score (nSPS) is 10.5. The van der Waals surface area contributed by atoms with Gasteiger partial charge in [-0.1, -0.05) is 15.9 Å². The Kier molecular flexibility index (Phi) is 7.18. The van der Waals surface area contributed by atoms with Crippen molar-refractivity contribution in [1.29, 1.82) is 0 Å². The van der Waals surface area contributed by atoms with E-state index >= 15 is 0 Å². The highest BCUT2D eigenvalue weighted by atomic mass is 79.9. The molecular formula is C14H18BrNO5. The fourth-order valence-corrected chi connectivity index (χ4v) is 2.00. The smallest absolute Gasteiger partial charge is 0.329 e. The van der Waals surface area contributed by atoms with Crippen molar-refractivity contribution >= 4 is 27.8 Å². The molecule has 7 heteroatoms. The Balaban J connectivity index is 2.53. The summed E-state index contributed by atoms with van der Waals surface area (Å²) in [4.78, 5) is 22.2. The van der Waals surface area contributed by atoms with E-state index in [9.17, 15) is 9.59 Å². The van der Waals surface area contributed by atoms with Gasteiger partial charge in [0.05, 0.1) is 12.7 Å². The van der Waals surface area contributed by atoms with Crippen LogP contribution in [0.5, 0.6) is 5.75 Å². The summed E-state index contributed by atoms with van der Waals surface area (Å²) in [5, 5.41) is 11.0. The molecule has 0 aliphatic carbocycles. The molecule has 0 atom stereocenters. The number of halogens is 1. The molecule has 6 nitrogen and oxygen atoms in total. The van der Waals surface area contributed by atoms with E-state index in [0.717, 1.165) is 4.47 Å². The average molecular weight is 360 g/mol. The van der Waals surface area contributed by atoms with Gasteiger partial charge < -0.3 is 19.9 Å². The summed E-state index contributed by atoms with van der Waals surface area (Å²) in [6.07, 6.45) is 0.0135. The van der Waals surface area contributed by atoms with Gasteiger partial charge in [-0.15, -0.1) is 0 Å². The number of nitrogens with one attached hydrogen (secondary N) is 1. The van der Waals surface area contributed by atoms with Gasteiger partial charge >= 0.3 is 5.97 Å². The van der Waals surface area contributed by atoms with Crippen LogP contribution >= 0.6 is 15.9 Å². The second kappa shape index (κ2) is 8.63. The molecule has 0 aliphatic heterocycles. The number of carbonyl (C=O) groups excluding carboxylic acids is 1. The summed E-state index contributed by atoms with van der Waals surface area (Å²) in [6.45, 7) is 3.81. The Morgan fingerprint density at radius 2 is 2.05 bits per heavy atom. The molecule has 2 N–H and O–H groups in total. The number of aliphatic carboxylic acids is 1. The zero-order chi connectivity index (χ0) is 15.8. The number of hydrogen-bond donors (Lipinski definition) is 2. The number of rotatable bonds is 8. The van der Waals surface area contributed by atoms with Crippen LogP contribution in [-0.2, 0) is 9.53 Å². The molecule has 0 saturated heterocycles. The summed E-state index contributed by atoms with van der Waals surface area (Å²) in [7, 11) is 0. The van der Waals surface area contributed by atoms with E-state index in [1.165, 1.54) is 0 Å². The number of carbonyl (C=O) groups is 2. The third kappa shape index (κ3) is 7.10. The minimum Gasteiger partial charge on any atom is -0.491 e. The van der Waals surface area contributed by atoms with Crippen molar-refractivity contribution in [2.24, 2.45) is 0 Å². The number of benzene rings is 1. The molecule has 1 rings (SSSR count). The first-order valence-corrected chi connectivity index (χ1v) is 7.22. The monoisotopic (exact) mass is 359 g/mol. The van der Waals surface area contributed by atoms with Crippen LogP contribution in [0.1, 0.15) is 24.2 Å². The minimum atomic E-state index is -1.04. The molecular weight excluding hydrogens is 342 g/mol. The van der Waals surface area contributed by atoms with Crippen molar-refractivity contribution in [3.8, 4) is 5.75 Å². The van der Waals surface area contributed by atoms with Crippen LogP contribution in [0.4, 0.5) is 0 Å². The Labute approximate surface area is 131 Å². The quantitative estimate of drug-likeness (QED) is 0.694. The molecule has 1 aromatic carbocycles. The number of carboxylic acids is 1. The molecule has 1 amide bonds. The van der Waals surface area contributed by atoms with E-state index in [1.807, 2.05) is 13.8 Å². The molecule has 0 bridgehead atoms. The van der Waals surface area contributed by atoms with Crippen LogP contribution in [0.25, 0.3) is 0 Å². The van der Waals surface area contributed by atoms with Gasteiger partial charge in [0.2, 0.25) is 0 Å². The number of ether oxygens (including phenoxy) is 2. The highest BCUT2D eigenvalue weighted by Gasteiger charge is 2.09. The minimum absolute atomic E-state index is 0.0135. The van der Waals surface area contributed by atoms with Gasteiger partial charge in [0.15, 0.2) is 0 Å². The lowest BCUT2D eigenvalue weighted by atomic mass is 10.2. The van der Waals surface area contributed by atoms with Crippen molar-refractivity contribution in [3.05, 3.63) is 28.2 Å². The summed E-state index contributed by atoms with van der Waals surface area (Å²) >= 11 is 3.33. The second-order valence-corrected chi connectivity index (χ2v) is 5.46. The van der Waals surface area contributed by atoms with E-state index in [0.29, 0.717) is 11.3 Å². The maximum absolute atomic E-state index is 12.0. The fourth-order valence-electron chi connectivity index (χ4n) is 1.53. The van der Waals surface area contributed by atoms with Gasteiger partial charge in [0.1, 0.15) is 12.4 Å². The van der Waals surface area contributed by atoms with Gasteiger partial charge in [-0.25, -0.2) is 4.79 Å². The van der Waals surface area contributed by atoms with Crippen molar-refractivity contribution in [1.82, 2.24) is 5.32 Å². The molecule has 21 heavy (non-hydrogen) atoms. The number of carboxylic acid groups (broad SMARTS) is 1. The van der Waals surface area contributed by atoms with E-state index in [-0.39, 0.29) is 31.8 Å². The predicted molar refractivity (Wildman–Crippen MR) is 80.7 cm³/mol. The van der Waals surface area contributed by atoms with Gasteiger partial charge in [0, 0.05) is 16.6 Å². The SMILES string of the molecule is CC(C)Oc1cc(Br)cc(C(=O)NCCOCC(=O)O)c1. The van der Waals surface area contributed by atoms with Crippen LogP contribution in [0.15, 0.2) is 22.7 Å². The fraction of sp³-hybridized carbons (Fsp3) is 0.429. The Bertz CT molecular complexity index is 504. The van der Waals surface area contributed by atoms with Crippen molar-refractivity contribution in [2.45, 2.75) is 20.0 Å². The molecule has 0 heterocycles. The summed E-state index contributed by atoms with van der Waals surface area (Å²) in [5.41, 5.74) is 0.457. The molecule has 0 unspecified atom stereocenters. The maximum atomic E-state index is 12.0. The van der Waals surface area contributed by atoms with Crippen molar-refractivity contribution in [2.75, 3.05) is 19.8 Å². The van der Waals surface area contributed by atoms with Gasteiger partial charge in [-0.3, -0.25) is 4.79 Å². The molecule has 0 saturated carbocycles.